The highest BCUT2D eigenvalue weighted by molar-refractivity contribution is 5.50. The Morgan fingerprint density at radius 2 is 1.79 bits per heavy atom. The van der Waals surface area contributed by atoms with Crippen LogP contribution in [0.15, 0.2) is 42.5 Å². The smallest absolute Gasteiger partial charge is 0.188 e. The van der Waals surface area contributed by atoms with E-state index in [0.29, 0.717) is 17.8 Å². The third-order valence-electron chi connectivity index (χ3n) is 9.73. The first-order valence-electron chi connectivity index (χ1n) is 12.5. The second-order valence-corrected chi connectivity index (χ2v) is 10.9. The van der Waals surface area contributed by atoms with Crippen molar-refractivity contribution in [3.8, 4) is 11.5 Å². The standard InChI is InChI=1S/C29H38O4/c1-28-14-12-21-22(11-10-20-16-26(33-18-31-3)25(32-4)17-23(20)21)24(28)13-15-29(28,2)27(30)19-8-6-5-7-9-19/h5-9,16-17,21-22,24,27,30H,10-15,18H2,1-4H3/t21-,22+,24-,27+,28-,29+/m0/s1. The Bertz CT molecular complexity index is 989. The quantitative estimate of drug-likeness (QED) is 0.527. The van der Waals surface area contributed by atoms with E-state index in [4.69, 9.17) is 14.2 Å². The lowest BCUT2D eigenvalue weighted by Gasteiger charge is -2.55. The summed E-state index contributed by atoms with van der Waals surface area (Å²) < 4.78 is 16.6. The molecular formula is C29H38O4. The third kappa shape index (κ3) is 3.49. The summed E-state index contributed by atoms with van der Waals surface area (Å²) in [6.45, 7) is 5.05. The Labute approximate surface area is 198 Å². The topological polar surface area (TPSA) is 47.9 Å². The fourth-order valence-electron chi connectivity index (χ4n) is 7.73. The summed E-state index contributed by atoms with van der Waals surface area (Å²) in [7, 11) is 3.35. The normalized spacial score (nSPS) is 33.5. The Hall–Kier alpha value is -2.04. The average Bonchev–Trinajstić information content (AvgIpc) is 3.13. The van der Waals surface area contributed by atoms with Gasteiger partial charge >= 0.3 is 0 Å². The van der Waals surface area contributed by atoms with E-state index in [0.717, 1.165) is 36.3 Å². The molecule has 5 rings (SSSR count). The molecule has 0 saturated heterocycles. The second kappa shape index (κ2) is 8.63. The minimum Gasteiger partial charge on any atom is -0.493 e. The van der Waals surface area contributed by atoms with Crippen LogP contribution in [-0.2, 0) is 11.2 Å². The lowest BCUT2D eigenvalue weighted by molar-refractivity contribution is -0.0890. The predicted molar refractivity (Wildman–Crippen MR) is 130 cm³/mol. The molecule has 2 aromatic carbocycles. The van der Waals surface area contributed by atoms with Crippen molar-refractivity contribution in [2.45, 2.75) is 64.4 Å². The fraction of sp³-hybridized carbons (Fsp3) is 0.586. The summed E-state index contributed by atoms with van der Waals surface area (Å²) in [6, 6.07) is 14.7. The monoisotopic (exact) mass is 450 g/mol. The van der Waals surface area contributed by atoms with E-state index < -0.39 is 6.10 Å². The van der Waals surface area contributed by atoms with Crippen LogP contribution in [0.25, 0.3) is 0 Å². The van der Waals surface area contributed by atoms with Crippen LogP contribution in [0.3, 0.4) is 0 Å². The van der Waals surface area contributed by atoms with Crippen LogP contribution < -0.4 is 9.47 Å². The molecule has 0 amide bonds. The van der Waals surface area contributed by atoms with Gasteiger partial charge in [0.25, 0.3) is 0 Å². The van der Waals surface area contributed by atoms with Crippen LogP contribution >= 0.6 is 0 Å². The summed E-state index contributed by atoms with van der Waals surface area (Å²) in [5.74, 6) is 3.44. The number of benzene rings is 2. The van der Waals surface area contributed by atoms with Crippen molar-refractivity contribution in [1.82, 2.24) is 0 Å². The Balaban J connectivity index is 1.45. The molecule has 4 nitrogen and oxygen atoms in total. The number of hydrogen-bond acceptors (Lipinski definition) is 4. The van der Waals surface area contributed by atoms with Crippen LogP contribution in [0.2, 0.25) is 0 Å². The minimum absolute atomic E-state index is 0.0974. The molecule has 2 fully saturated rings. The van der Waals surface area contributed by atoms with Crippen LogP contribution in [0, 0.1) is 22.7 Å². The van der Waals surface area contributed by atoms with Crippen molar-refractivity contribution in [1.29, 1.82) is 0 Å². The molecule has 3 aliphatic rings. The largest absolute Gasteiger partial charge is 0.493 e. The van der Waals surface area contributed by atoms with E-state index in [9.17, 15) is 5.11 Å². The van der Waals surface area contributed by atoms with Gasteiger partial charge in [0.05, 0.1) is 13.2 Å². The van der Waals surface area contributed by atoms with Crippen molar-refractivity contribution in [3.63, 3.8) is 0 Å². The summed E-state index contributed by atoms with van der Waals surface area (Å²) in [6.07, 6.45) is 6.50. The van der Waals surface area contributed by atoms with Crippen LogP contribution in [0.1, 0.15) is 74.7 Å². The van der Waals surface area contributed by atoms with Crippen molar-refractivity contribution < 1.29 is 19.3 Å². The first-order valence-corrected chi connectivity index (χ1v) is 12.5. The Morgan fingerprint density at radius 1 is 1.00 bits per heavy atom. The number of methoxy groups -OCH3 is 2. The zero-order chi connectivity index (χ0) is 23.2. The maximum absolute atomic E-state index is 11.6. The molecule has 178 valence electrons. The van der Waals surface area contributed by atoms with Gasteiger partial charge in [-0.1, -0.05) is 44.2 Å². The molecule has 0 heterocycles. The Kier molecular flexibility index (Phi) is 5.95. The molecule has 0 radical (unpaired) electrons. The molecule has 0 bridgehead atoms. The first-order chi connectivity index (χ1) is 15.9. The SMILES string of the molecule is COCOc1cc2c(cc1OC)[C@H]1CC[C@@]3(C)[C@@H](CC[C@]3(C)[C@H](O)c3ccccc3)[C@@H]1CC2. The zero-order valence-corrected chi connectivity index (χ0v) is 20.5. The van der Waals surface area contributed by atoms with E-state index in [1.165, 1.54) is 30.4 Å². The summed E-state index contributed by atoms with van der Waals surface area (Å²) in [5.41, 5.74) is 3.96. The number of fused-ring (bicyclic) bond motifs is 5. The maximum Gasteiger partial charge on any atom is 0.188 e. The molecule has 0 aromatic heterocycles. The summed E-state index contributed by atoms with van der Waals surface area (Å²) in [5, 5.41) is 11.6. The highest BCUT2D eigenvalue weighted by Crippen LogP contribution is 2.70. The first kappa shape index (κ1) is 22.7. The molecule has 3 aliphatic carbocycles. The van der Waals surface area contributed by atoms with Crippen molar-refractivity contribution >= 4 is 0 Å². The van der Waals surface area contributed by atoms with Crippen molar-refractivity contribution in [2.24, 2.45) is 22.7 Å². The number of aryl methyl sites for hydroxylation is 1. The highest BCUT2D eigenvalue weighted by atomic mass is 16.7. The van der Waals surface area contributed by atoms with Crippen molar-refractivity contribution in [3.05, 3.63) is 59.2 Å². The number of rotatable bonds is 6. The van der Waals surface area contributed by atoms with Crippen LogP contribution in [0.5, 0.6) is 11.5 Å². The van der Waals surface area contributed by atoms with Crippen molar-refractivity contribution in [2.75, 3.05) is 21.0 Å². The predicted octanol–water partition coefficient (Wildman–Crippen LogP) is 6.27. The fourth-order valence-corrected chi connectivity index (χ4v) is 7.73. The molecule has 0 unspecified atom stereocenters. The lowest BCUT2D eigenvalue weighted by Crippen LogP contribution is -2.48. The molecule has 0 spiro atoms. The number of aliphatic hydroxyl groups is 1. The molecule has 2 saturated carbocycles. The van der Waals surface area contributed by atoms with Gasteiger partial charge in [0.15, 0.2) is 18.3 Å². The number of hydrogen-bond donors (Lipinski definition) is 1. The van der Waals surface area contributed by atoms with Gasteiger partial charge in [0, 0.05) is 12.5 Å². The van der Waals surface area contributed by atoms with Crippen LogP contribution in [0.4, 0.5) is 0 Å². The van der Waals surface area contributed by atoms with Gasteiger partial charge in [-0.25, -0.2) is 0 Å². The molecular weight excluding hydrogens is 412 g/mol. The molecule has 1 N–H and O–H groups in total. The van der Waals surface area contributed by atoms with Gasteiger partial charge in [-0.3, -0.25) is 0 Å². The summed E-state index contributed by atoms with van der Waals surface area (Å²) >= 11 is 0. The second-order valence-electron chi connectivity index (χ2n) is 10.9. The van der Waals surface area contributed by atoms with E-state index in [2.05, 4.69) is 38.1 Å². The average molecular weight is 451 g/mol. The molecule has 33 heavy (non-hydrogen) atoms. The van der Waals surface area contributed by atoms with Gasteiger partial charge in [-0.15, -0.1) is 0 Å². The van der Waals surface area contributed by atoms with Gasteiger partial charge in [0.2, 0.25) is 0 Å². The van der Waals surface area contributed by atoms with Gasteiger partial charge in [-0.2, -0.15) is 0 Å². The number of ether oxygens (including phenoxy) is 3. The van der Waals surface area contributed by atoms with Gasteiger partial charge < -0.3 is 19.3 Å². The van der Waals surface area contributed by atoms with Gasteiger partial charge in [-0.05, 0) is 90.5 Å². The van der Waals surface area contributed by atoms with E-state index in [1.807, 2.05) is 18.2 Å². The van der Waals surface area contributed by atoms with Crippen LogP contribution in [-0.4, -0.2) is 26.1 Å². The van der Waals surface area contributed by atoms with Gasteiger partial charge in [0.1, 0.15) is 0 Å². The molecule has 6 atom stereocenters. The highest BCUT2D eigenvalue weighted by Gasteiger charge is 2.62. The Morgan fingerprint density at radius 3 is 2.52 bits per heavy atom. The van der Waals surface area contributed by atoms with E-state index in [-0.39, 0.29) is 17.6 Å². The minimum atomic E-state index is -0.415. The molecule has 2 aromatic rings. The van der Waals surface area contributed by atoms with E-state index >= 15 is 0 Å². The third-order valence-corrected chi connectivity index (χ3v) is 9.73. The van der Waals surface area contributed by atoms with E-state index in [1.54, 1.807) is 14.2 Å². The number of aliphatic hydroxyl groups excluding tert-OH is 1. The molecule has 4 heteroatoms. The lowest BCUT2D eigenvalue weighted by atomic mass is 9.50. The molecule has 0 aliphatic heterocycles. The zero-order valence-electron chi connectivity index (χ0n) is 20.5. The summed E-state index contributed by atoms with van der Waals surface area (Å²) in [4.78, 5) is 0. The maximum atomic E-state index is 11.6.